The Kier molecular flexibility index (Phi) is 5.26. The molecule has 1 fully saturated rings. The van der Waals surface area contributed by atoms with Crippen LogP contribution in [-0.2, 0) is 26.2 Å². The minimum atomic E-state index is -0.333. The van der Waals surface area contributed by atoms with E-state index in [1.165, 1.54) is 11.2 Å². The van der Waals surface area contributed by atoms with Gasteiger partial charge in [0.15, 0.2) is 5.82 Å². The Morgan fingerprint density at radius 3 is 2.83 bits per heavy atom. The fraction of sp³-hybridized carbons (Fsp3) is 0.421. The zero-order valence-electron chi connectivity index (χ0n) is 16.1. The Hall–Kier alpha value is -3.27. The lowest BCUT2D eigenvalue weighted by Crippen LogP contribution is -2.45. The zero-order valence-corrected chi connectivity index (χ0v) is 16.1. The number of para-hydroxylation sites is 2. The van der Waals surface area contributed by atoms with Crippen molar-refractivity contribution in [1.82, 2.24) is 19.7 Å². The summed E-state index contributed by atoms with van der Waals surface area (Å²) in [4.78, 5) is 44.9. The van der Waals surface area contributed by atoms with Gasteiger partial charge in [0.05, 0.1) is 24.6 Å². The van der Waals surface area contributed by atoms with Crippen LogP contribution >= 0.6 is 0 Å². The van der Waals surface area contributed by atoms with E-state index in [0.717, 1.165) is 0 Å². The van der Waals surface area contributed by atoms with E-state index < -0.39 is 0 Å². The molecule has 1 unspecified atom stereocenters. The van der Waals surface area contributed by atoms with E-state index in [-0.39, 0.29) is 43.1 Å². The van der Waals surface area contributed by atoms with Crippen LogP contribution in [0.2, 0.25) is 0 Å². The van der Waals surface area contributed by atoms with Crippen LogP contribution in [0.1, 0.15) is 24.7 Å². The molecule has 10 heteroatoms. The van der Waals surface area contributed by atoms with Gasteiger partial charge in [-0.3, -0.25) is 19.1 Å². The molecule has 152 valence electrons. The van der Waals surface area contributed by atoms with Crippen molar-refractivity contribution in [2.45, 2.75) is 18.9 Å². The zero-order chi connectivity index (χ0) is 20.4. The molecule has 1 atom stereocenters. The number of ether oxygens (including phenoxy) is 1. The normalized spacial score (nSPS) is 18.9. The molecule has 0 bridgehead atoms. The largest absolute Gasteiger partial charge is 0.377 e. The second-order valence-electron chi connectivity index (χ2n) is 6.96. The Morgan fingerprint density at radius 2 is 2.03 bits per heavy atom. The third-order valence-electron chi connectivity index (χ3n) is 5.12. The monoisotopic (exact) mass is 398 g/mol. The number of hydrogen-bond donors (Lipinski definition) is 1. The first-order chi connectivity index (χ1) is 14.0. The van der Waals surface area contributed by atoms with Crippen molar-refractivity contribution in [2.24, 2.45) is 7.05 Å². The minimum Gasteiger partial charge on any atom is -0.377 e. The van der Waals surface area contributed by atoms with Crippen LogP contribution in [0.3, 0.4) is 0 Å². The molecule has 2 aromatic rings. The van der Waals surface area contributed by atoms with Gasteiger partial charge in [-0.05, 0) is 12.1 Å². The van der Waals surface area contributed by atoms with Crippen molar-refractivity contribution < 1.29 is 19.1 Å². The lowest BCUT2D eigenvalue weighted by atomic mass is 10.1. The molecule has 0 radical (unpaired) electrons. The fourth-order valence-corrected chi connectivity index (χ4v) is 3.67. The minimum absolute atomic E-state index is 0.0172. The highest BCUT2D eigenvalue weighted by molar-refractivity contribution is 6.10. The van der Waals surface area contributed by atoms with Gasteiger partial charge in [-0.15, -0.1) is 0 Å². The summed E-state index contributed by atoms with van der Waals surface area (Å²) in [5.74, 6) is -0.0154. The predicted octanol–water partition coefficient (Wildman–Crippen LogP) is 0.481. The lowest BCUT2D eigenvalue weighted by molar-refractivity contribution is -0.141. The first kappa shape index (κ1) is 19.1. The predicted molar refractivity (Wildman–Crippen MR) is 103 cm³/mol. The van der Waals surface area contributed by atoms with Gasteiger partial charge in [-0.1, -0.05) is 12.1 Å². The highest BCUT2D eigenvalue weighted by Gasteiger charge is 2.32. The number of nitrogens with one attached hydrogen (secondary N) is 1. The lowest BCUT2D eigenvalue weighted by Gasteiger charge is -2.35. The van der Waals surface area contributed by atoms with Crippen LogP contribution in [0.5, 0.6) is 0 Å². The van der Waals surface area contributed by atoms with Crippen LogP contribution in [0.4, 0.5) is 11.4 Å². The number of fused-ring (bicyclic) bond motifs is 1. The summed E-state index contributed by atoms with van der Waals surface area (Å²) in [6.07, 6.45) is 1.51. The molecule has 2 aliphatic rings. The molecule has 0 saturated carbocycles. The van der Waals surface area contributed by atoms with E-state index in [0.29, 0.717) is 37.0 Å². The maximum absolute atomic E-state index is 12.9. The molecule has 1 N–H and O–H groups in total. The topological polar surface area (TPSA) is 110 Å². The first-order valence-electron chi connectivity index (χ1n) is 9.45. The molecule has 29 heavy (non-hydrogen) atoms. The van der Waals surface area contributed by atoms with Gasteiger partial charge in [0.2, 0.25) is 17.7 Å². The van der Waals surface area contributed by atoms with Crippen molar-refractivity contribution in [1.29, 1.82) is 0 Å². The first-order valence-corrected chi connectivity index (χ1v) is 9.45. The van der Waals surface area contributed by atoms with Gasteiger partial charge in [0.25, 0.3) is 0 Å². The molecular weight excluding hydrogens is 376 g/mol. The number of nitrogens with zero attached hydrogens (tertiary/aromatic N) is 5. The smallest absolute Gasteiger partial charge is 0.244 e. The summed E-state index contributed by atoms with van der Waals surface area (Å²) >= 11 is 0. The molecule has 1 aromatic carbocycles. The van der Waals surface area contributed by atoms with Gasteiger partial charge >= 0.3 is 0 Å². The number of rotatable bonds is 4. The second kappa shape index (κ2) is 8.00. The number of benzene rings is 1. The molecule has 0 spiro atoms. The summed E-state index contributed by atoms with van der Waals surface area (Å²) in [5.41, 5.74) is 1.24. The van der Waals surface area contributed by atoms with Gasteiger partial charge < -0.3 is 19.9 Å². The third kappa shape index (κ3) is 3.83. The van der Waals surface area contributed by atoms with Crippen molar-refractivity contribution in [2.75, 3.05) is 36.5 Å². The van der Waals surface area contributed by atoms with Gasteiger partial charge in [-0.25, -0.2) is 4.98 Å². The van der Waals surface area contributed by atoms with E-state index in [1.54, 1.807) is 40.9 Å². The van der Waals surface area contributed by atoms with Crippen LogP contribution in [0.15, 0.2) is 30.6 Å². The summed E-state index contributed by atoms with van der Waals surface area (Å²) in [5, 5.41) is 6.81. The highest BCUT2D eigenvalue weighted by atomic mass is 16.5. The fourth-order valence-electron chi connectivity index (χ4n) is 3.67. The standard InChI is InChI=1S/C19H22N6O4/c1-23-19(20-12-21-23)15-11-29-9-8-24(15)17(27)6-7-18(28)25-10-16(26)22-13-4-2-3-5-14(13)25/h2-5,12,15H,6-11H2,1H3,(H,22,26). The average molecular weight is 398 g/mol. The van der Waals surface area contributed by atoms with Crippen LogP contribution < -0.4 is 10.2 Å². The molecule has 4 rings (SSSR count). The molecule has 1 aromatic heterocycles. The van der Waals surface area contributed by atoms with E-state index in [2.05, 4.69) is 15.4 Å². The highest BCUT2D eigenvalue weighted by Crippen LogP contribution is 2.30. The molecule has 3 heterocycles. The molecule has 1 saturated heterocycles. The van der Waals surface area contributed by atoms with E-state index >= 15 is 0 Å². The summed E-state index contributed by atoms with van der Waals surface area (Å²) in [6, 6.07) is 6.79. The van der Waals surface area contributed by atoms with Gasteiger partial charge in [0.1, 0.15) is 18.9 Å². The second-order valence-corrected chi connectivity index (χ2v) is 6.96. The quantitative estimate of drug-likeness (QED) is 0.802. The van der Waals surface area contributed by atoms with E-state index in [4.69, 9.17) is 4.74 Å². The number of anilines is 2. The molecule has 2 aliphatic heterocycles. The number of carbonyl (C=O) groups excluding carboxylic acids is 3. The number of amides is 3. The maximum Gasteiger partial charge on any atom is 0.244 e. The average Bonchev–Trinajstić information content (AvgIpc) is 3.16. The molecule has 3 amide bonds. The SMILES string of the molecule is Cn1ncnc1C1COCCN1C(=O)CCC(=O)N1CC(=O)Nc2ccccc21. The number of carbonyl (C=O) groups is 3. The summed E-state index contributed by atoms with van der Waals surface area (Å²) < 4.78 is 7.14. The maximum atomic E-state index is 12.9. The summed E-state index contributed by atoms with van der Waals surface area (Å²) in [7, 11) is 1.77. The van der Waals surface area contributed by atoms with Crippen LogP contribution in [0.25, 0.3) is 0 Å². The number of morpholine rings is 1. The molecule has 10 nitrogen and oxygen atoms in total. The van der Waals surface area contributed by atoms with E-state index in [9.17, 15) is 14.4 Å². The van der Waals surface area contributed by atoms with Crippen molar-refractivity contribution in [3.63, 3.8) is 0 Å². The van der Waals surface area contributed by atoms with Gasteiger partial charge in [0, 0.05) is 26.4 Å². The van der Waals surface area contributed by atoms with Gasteiger partial charge in [-0.2, -0.15) is 5.10 Å². The van der Waals surface area contributed by atoms with Crippen molar-refractivity contribution in [3.8, 4) is 0 Å². The Bertz CT molecular complexity index is 942. The summed E-state index contributed by atoms with van der Waals surface area (Å²) in [6.45, 7) is 1.16. The molecular formula is C19H22N6O4. The Balaban J connectivity index is 1.43. The van der Waals surface area contributed by atoms with E-state index in [1.807, 2.05) is 0 Å². The third-order valence-corrected chi connectivity index (χ3v) is 5.12. The molecule has 0 aliphatic carbocycles. The number of hydrogen-bond acceptors (Lipinski definition) is 6. The van der Waals surface area contributed by atoms with Crippen LogP contribution in [-0.4, -0.2) is 63.7 Å². The number of aryl methyl sites for hydroxylation is 1. The Morgan fingerprint density at radius 1 is 1.24 bits per heavy atom. The van der Waals surface area contributed by atoms with Crippen molar-refractivity contribution in [3.05, 3.63) is 36.4 Å². The number of aromatic nitrogens is 3. The Labute approximate surface area is 167 Å². The van der Waals surface area contributed by atoms with Crippen molar-refractivity contribution >= 4 is 29.1 Å². The van der Waals surface area contributed by atoms with Crippen LogP contribution in [0, 0.1) is 0 Å².